The summed E-state index contributed by atoms with van der Waals surface area (Å²) in [6, 6.07) is 11.6. The van der Waals surface area contributed by atoms with Crippen molar-refractivity contribution in [3.05, 3.63) is 54.5 Å². The van der Waals surface area contributed by atoms with Gasteiger partial charge >= 0.3 is 6.03 Å². The maximum absolute atomic E-state index is 14.3. The number of benzene rings is 2. The van der Waals surface area contributed by atoms with Crippen molar-refractivity contribution in [2.24, 2.45) is 0 Å². The Balaban J connectivity index is 1.31. The lowest BCUT2D eigenvalue weighted by molar-refractivity contribution is -0.122. The van der Waals surface area contributed by atoms with Gasteiger partial charge in [0.2, 0.25) is 5.91 Å². The van der Waals surface area contributed by atoms with Gasteiger partial charge in [-0.05, 0) is 49.9 Å². The lowest BCUT2D eigenvalue weighted by Crippen LogP contribution is -2.44. The van der Waals surface area contributed by atoms with Gasteiger partial charge < -0.3 is 10.2 Å². The molecule has 0 unspecified atom stereocenters. The number of para-hydroxylation sites is 1. The molecule has 33 heavy (non-hydrogen) atoms. The van der Waals surface area contributed by atoms with E-state index in [-0.39, 0.29) is 30.3 Å². The van der Waals surface area contributed by atoms with Gasteiger partial charge in [0.05, 0.1) is 17.4 Å². The second kappa shape index (κ2) is 8.80. The average molecular weight is 453 g/mol. The summed E-state index contributed by atoms with van der Waals surface area (Å²) in [6.07, 6.45) is 3.03. The fourth-order valence-corrected chi connectivity index (χ4v) is 4.68. The zero-order chi connectivity index (χ0) is 22.9. The van der Waals surface area contributed by atoms with E-state index in [9.17, 15) is 18.4 Å². The zero-order valence-electron chi connectivity index (χ0n) is 18.1. The molecule has 7 nitrogen and oxygen atoms in total. The monoisotopic (exact) mass is 453 g/mol. The SMILES string of the molecule is O=C(CN1CCN(c2cccc3c2cnn3-c2ccccc2F)C1=O)NC1CCC(F)CC1. The molecule has 172 valence electrons. The second-order valence-corrected chi connectivity index (χ2v) is 8.59. The third kappa shape index (κ3) is 4.15. The van der Waals surface area contributed by atoms with Crippen molar-refractivity contribution in [2.75, 3.05) is 24.5 Å². The molecule has 0 spiro atoms. The highest BCUT2D eigenvalue weighted by molar-refractivity contribution is 6.04. The molecule has 1 saturated carbocycles. The number of fused-ring (bicyclic) bond motifs is 1. The van der Waals surface area contributed by atoms with Gasteiger partial charge in [0.25, 0.3) is 0 Å². The number of urea groups is 1. The van der Waals surface area contributed by atoms with Crippen LogP contribution in [0.4, 0.5) is 19.3 Å². The minimum absolute atomic E-state index is 0.0312. The molecule has 2 aliphatic rings. The minimum Gasteiger partial charge on any atom is -0.352 e. The van der Waals surface area contributed by atoms with Gasteiger partial charge in [-0.3, -0.25) is 9.69 Å². The molecule has 0 bridgehead atoms. The van der Waals surface area contributed by atoms with Crippen LogP contribution in [0.25, 0.3) is 16.6 Å². The van der Waals surface area contributed by atoms with E-state index in [0.29, 0.717) is 55.7 Å². The first-order valence-electron chi connectivity index (χ1n) is 11.2. The number of halogens is 2. The average Bonchev–Trinajstić information content (AvgIpc) is 3.39. The summed E-state index contributed by atoms with van der Waals surface area (Å²) in [7, 11) is 0. The van der Waals surface area contributed by atoms with Crippen LogP contribution in [0.3, 0.4) is 0 Å². The molecule has 0 radical (unpaired) electrons. The topological polar surface area (TPSA) is 70.5 Å². The molecule has 9 heteroatoms. The molecule has 1 aliphatic heterocycles. The summed E-state index contributed by atoms with van der Waals surface area (Å²) >= 11 is 0. The number of hydrogen-bond acceptors (Lipinski definition) is 3. The van der Waals surface area contributed by atoms with Crippen molar-refractivity contribution in [2.45, 2.75) is 37.9 Å². The second-order valence-electron chi connectivity index (χ2n) is 8.59. The van der Waals surface area contributed by atoms with Crippen molar-refractivity contribution in [1.29, 1.82) is 0 Å². The van der Waals surface area contributed by atoms with Crippen molar-refractivity contribution in [1.82, 2.24) is 20.0 Å². The van der Waals surface area contributed by atoms with Crippen LogP contribution in [-0.2, 0) is 4.79 Å². The first-order chi connectivity index (χ1) is 16.0. The van der Waals surface area contributed by atoms with Crippen molar-refractivity contribution < 1.29 is 18.4 Å². The van der Waals surface area contributed by atoms with E-state index in [0.717, 1.165) is 5.39 Å². The first kappa shape index (κ1) is 21.4. The Morgan fingerprint density at radius 3 is 2.58 bits per heavy atom. The molecule has 1 saturated heterocycles. The highest BCUT2D eigenvalue weighted by atomic mass is 19.1. The van der Waals surface area contributed by atoms with Crippen LogP contribution in [0.2, 0.25) is 0 Å². The summed E-state index contributed by atoms with van der Waals surface area (Å²) in [6.45, 7) is 0.819. The number of nitrogens with zero attached hydrogens (tertiary/aromatic N) is 4. The van der Waals surface area contributed by atoms with E-state index in [1.54, 1.807) is 35.4 Å². The molecular formula is C24H25F2N5O2. The molecule has 5 rings (SSSR count). The van der Waals surface area contributed by atoms with Crippen LogP contribution in [0, 0.1) is 5.82 Å². The zero-order valence-corrected chi connectivity index (χ0v) is 18.1. The maximum atomic E-state index is 14.3. The molecule has 2 heterocycles. The van der Waals surface area contributed by atoms with Crippen LogP contribution in [0.1, 0.15) is 25.7 Å². The Hall–Kier alpha value is -3.49. The first-order valence-corrected chi connectivity index (χ1v) is 11.2. The van der Waals surface area contributed by atoms with Crippen LogP contribution in [0.15, 0.2) is 48.7 Å². The Morgan fingerprint density at radius 2 is 1.79 bits per heavy atom. The standard InChI is InChI=1S/C24H25F2N5O2/c25-16-8-10-17(11-9-16)28-23(32)15-29-12-13-30(24(29)33)20-6-3-7-21-18(20)14-27-31(21)22-5-2-1-4-19(22)26/h1-7,14,16-17H,8-13,15H2,(H,28,32). The number of carbonyl (C=O) groups is 2. The lowest BCUT2D eigenvalue weighted by atomic mass is 9.94. The number of alkyl halides is 1. The van der Waals surface area contributed by atoms with Gasteiger partial charge in [-0.2, -0.15) is 5.10 Å². The number of amides is 3. The Kier molecular flexibility index (Phi) is 5.70. The van der Waals surface area contributed by atoms with E-state index in [4.69, 9.17) is 0 Å². The number of aromatic nitrogens is 2. The molecule has 2 fully saturated rings. The van der Waals surface area contributed by atoms with E-state index in [2.05, 4.69) is 10.4 Å². The smallest absolute Gasteiger partial charge is 0.325 e. The molecule has 1 aliphatic carbocycles. The largest absolute Gasteiger partial charge is 0.352 e. The summed E-state index contributed by atoms with van der Waals surface area (Å²) in [5.74, 6) is -0.611. The van der Waals surface area contributed by atoms with E-state index in [1.807, 2.05) is 12.1 Å². The third-order valence-corrected chi connectivity index (χ3v) is 6.41. The molecule has 3 aromatic rings. The number of hydrogen-bond donors (Lipinski definition) is 1. The van der Waals surface area contributed by atoms with Gasteiger partial charge in [0.1, 0.15) is 24.2 Å². The van der Waals surface area contributed by atoms with E-state index >= 15 is 0 Å². The van der Waals surface area contributed by atoms with E-state index in [1.165, 1.54) is 15.6 Å². The fourth-order valence-electron chi connectivity index (χ4n) is 4.68. The van der Waals surface area contributed by atoms with E-state index < -0.39 is 6.17 Å². The van der Waals surface area contributed by atoms with Crippen LogP contribution in [0.5, 0.6) is 0 Å². The number of anilines is 1. The highest BCUT2D eigenvalue weighted by Gasteiger charge is 2.33. The van der Waals surface area contributed by atoms with Gasteiger partial charge in [0.15, 0.2) is 0 Å². The van der Waals surface area contributed by atoms with Gasteiger partial charge in [-0.15, -0.1) is 0 Å². The van der Waals surface area contributed by atoms with Crippen LogP contribution >= 0.6 is 0 Å². The Morgan fingerprint density at radius 1 is 1.03 bits per heavy atom. The quantitative estimate of drug-likeness (QED) is 0.639. The molecule has 1 N–H and O–H groups in total. The summed E-state index contributed by atoms with van der Waals surface area (Å²) in [5.41, 5.74) is 1.69. The van der Waals surface area contributed by atoms with Crippen LogP contribution in [-0.4, -0.2) is 58.5 Å². The number of nitrogens with one attached hydrogen (secondary N) is 1. The molecule has 2 aromatic carbocycles. The normalized spacial score (nSPS) is 21.1. The molecule has 3 amide bonds. The lowest BCUT2D eigenvalue weighted by Gasteiger charge is -2.26. The van der Waals surface area contributed by atoms with Crippen molar-refractivity contribution in [3.8, 4) is 5.69 Å². The van der Waals surface area contributed by atoms with Gasteiger partial charge in [-0.25, -0.2) is 18.3 Å². The summed E-state index contributed by atoms with van der Waals surface area (Å²) < 4.78 is 29.1. The number of rotatable bonds is 5. The van der Waals surface area contributed by atoms with Crippen molar-refractivity contribution >= 4 is 28.5 Å². The predicted molar refractivity (Wildman–Crippen MR) is 121 cm³/mol. The third-order valence-electron chi connectivity index (χ3n) is 6.41. The van der Waals surface area contributed by atoms with Gasteiger partial charge in [-0.1, -0.05) is 18.2 Å². The van der Waals surface area contributed by atoms with Crippen molar-refractivity contribution in [3.63, 3.8) is 0 Å². The highest BCUT2D eigenvalue weighted by Crippen LogP contribution is 2.31. The molecule has 0 atom stereocenters. The Bertz CT molecular complexity index is 1190. The molecular weight excluding hydrogens is 428 g/mol. The minimum atomic E-state index is -0.780. The molecule has 1 aromatic heterocycles. The predicted octanol–water partition coefficient (Wildman–Crippen LogP) is 3.80. The fraction of sp³-hybridized carbons (Fsp3) is 0.375. The maximum Gasteiger partial charge on any atom is 0.325 e. The Labute approximate surface area is 190 Å². The van der Waals surface area contributed by atoms with Crippen LogP contribution < -0.4 is 10.2 Å². The van der Waals surface area contributed by atoms with Gasteiger partial charge in [0, 0.05) is 24.5 Å². The number of carbonyl (C=O) groups excluding carboxylic acids is 2. The summed E-state index contributed by atoms with van der Waals surface area (Å²) in [5, 5.41) is 8.01. The summed E-state index contributed by atoms with van der Waals surface area (Å²) in [4.78, 5) is 28.7.